The summed E-state index contributed by atoms with van der Waals surface area (Å²) in [6.45, 7) is 3.07. The van der Waals surface area contributed by atoms with Crippen LogP contribution in [0.4, 0.5) is 0 Å². The van der Waals surface area contributed by atoms with Crippen LogP contribution in [0.25, 0.3) is 0 Å². The van der Waals surface area contributed by atoms with Crippen molar-refractivity contribution in [3.63, 3.8) is 0 Å². The Kier molecular flexibility index (Phi) is 3.76. The van der Waals surface area contributed by atoms with E-state index in [9.17, 15) is 5.11 Å². The second-order valence-electron chi connectivity index (χ2n) is 5.18. The van der Waals surface area contributed by atoms with Gasteiger partial charge in [0.2, 0.25) is 0 Å². The maximum Gasteiger partial charge on any atom is 0.0552 e. The molecular formula is C15H16BrNOS. The van der Waals surface area contributed by atoms with E-state index in [0.29, 0.717) is 0 Å². The summed E-state index contributed by atoms with van der Waals surface area (Å²) in [6.07, 6.45) is 0. The molecule has 19 heavy (non-hydrogen) atoms. The van der Waals surface area contributed by atoms with E-state index in [1.807, 2.05) is 18.2 Å². The van der Waals surface area contributed by atoms with Crippen molar-refractivity contribution in [2.75, 3.05) is 19.7 Å². The highest BCUT2D eigenvalue weighted by Gasteiger charge is 2.43. The van der Waals surface area contributed by atoms with Crippen LogP contribution in [0, 0.1) is 0 Å². The van der Waals surface area contributed by atoms with Gasteiger partial charge in [0.15, 0.2) is 0 Å². The van der Waals surface area contributed by atoms with Gasteiger partial charge in [-0.15, -0.1) is 11.3 Å². The third-order valence-corrected chi connectivity index (χ3v) is 5.42. The fourth-order valence-corrected chi connectivity index (χ4v) is 4.24. The standard InChI is InChI=1S/C15H16BrNOS/c16-13-6-14(19-8-13)7-17-9-15(10-17,11-18)12-4-2-1-3-5-12/h1-6,8,18H,7,9-11H2. The molecule has 4 heteroatoms. The lowest BCUT2D eigenvalue weighted by atomic mass is 9.74. The molecule has 2 nitrogen and oxygen atoms in total. The molecule has 0 saturated carbocycles. The average molecular weight is 338 g/mol. The van der Waals surface area contributed by atoms with Gasteiger partial charge in [0, 0.05) is 39.8 Å². The predicted molar refractivity (Wildman–Crippen MR) is 82.5 cm³/mol. The zero-order valence-corrected chi connectivity index (χ0v) is 13.0. The van der Waals surface area contributed by atoms with Crippen LogP contribution in [0.1, 0.15) is 10.4 Å². The summed E-state index contributed by atoms with van der Waals surface area (Å²) in [7, 11) is 0. The van der Waals surface area contributed by atoms with Crippen LogP contribution in [0.5, 0.6) is 0 Å². The Labute approximate surface area is 125 Å². The molecule has 1 saturated heterocycles. The van der Waals surface area contributed by atoms with Gasteiger partial charge in [0.05, 0.1) is 6.61 Å². The van der Waals surface area contributed by atoms with E-state index in [1.54, 1.807) is 11.3 Å². The van der Waals surface area contributed by atoms with E-state index in [4.69, 9.17) is 0 Å². The van der Waals surface area contributed by atoms with E-state index in [0.717, 1.165) is 24.1 Å². The molecule has 0 spiro atoms. The lowest BCUT2D eigenvalue weighted by Gasteiger charge is -2.49. The molecule has 1 aliphatic heterocycles. The molecule has 1 N–H and O–H groups in total. The minimum absolute atomic E-state index is 0.0598. The molecule has 2 aromatic rings. The van der Waals surface area contributed by atoms with E-state index >= 15 is 0 Å². The molecular weight excluding hydrogens is 322 g/mol. The molecule has 1 aliphatic rings. The van der Waals surface area contributed by atoms with Crippen LogP contribution in [0.3, 0.4) is 0 Å². The highest BCUT2D eigenvalue weighted by atomic mass is 79.9. The van der Waals surface area contributed by atoms with Crippen molar-refractivity contribution in [3.05, 3.63) is 56.7 Å². The van der Waals surface area contributed by atoms with Crippen LogP contribution in [0.2, 0.25) is 0 Å². The minimum Gasteiger partial charge on any atom is -0.395 e. The number of likely N-dealkylation sites (tertiary alicyclic amines) is 1. The number of aliphatic hydroxyl groups is 1. The van der Waals surface area contributed by atoms with E-state index in [1.165, 1.54) is 10.4 Å². The third-order valence-electron chi connectivity index (χ3n) is 3.74. The van der Waals surface area contributed by atoms with Gasteiger partial charge >= 0.3 is 0 Å². The first kappa shape index (κ1) is 13.3. The lowest BCUT2D eigenvalue weighted by Crippen LogP contribution is -2.60. The Morgan fingerprint density at radius 3 is 2.58 bits per heavy atom. The normalized spacial score (nSPS) is 18.2. The number of thiophene rings is 1. The zero-order chi connectivity index (χ0) is 13.3. The van der Waals surface area contributed by atoms with Crippen LogP contribution in [0.15, 0.2) is 46.3 Å². The number of rotatable bonds is 4. The molecule has 100 valence electrons. The second kappa shape index (κ2) is 5.37. The summed E-state index contributed by atoms with van der Waals surface area (Å²) in [5.41, 5.74) is 1.19. The fourth-order valence-electron chi connectivity index (χ4n) is 2.74. The monoisotopic (exact) mass is 337 g/mol. The van der Waals surface area contributed by atoms with Crippen molar-refractivity contribution in [2.24, 2.45) is 0 Å². The van der Waals surface area contributed by atoms with E-state index < -0.39 is 0 Å². The third kappa shape index (κ3) is 2.63. The minimum atomic E-state index is -0.0598. The molecule has 2 heterocycles. The molecule has 0 bridgehead atoms. The fraction of sp³-hybridized carbons (Fsp3) is 0.333. The lowest BCUT2D eigenvalue weighted by molar-refractivity contribution is 0.0146. The molecule has 0 unspecified atom stereocenters. The van der Waals surface area contributed by atoms with Gasteiger partial charge in [-0.1, -0.05) is 30.3 Å². The van der Waals surface area contributed by atoms with Gasteiger partial charge in [-0.05, 0) is 27.6 Å². The zero-order valence-electron chi connectivity index (χ0n) is 10.6. The smallest absolute Gasteiger partial charge is 0.0552 e. The van der Waals surface area contributed by atoms with Crippen LogP contribution >= 0.6 is 27.3 Å². The number of halogens is 1. The summed E-state index contributed by atoms with van der Waals surface area (Å²) in [5.74, 6) is 0. The maximum absolute atomic E-state index is 9.75. The maximum atomic E-state index is 9.75. The Bertz CT molecular complexity index is 548. The Morgan fingerprint density at radius 1 is 1.26 bits per heavy atom. The Morgan fingerprint density at radius 2 is 2.00 bits per heavy atom. The summed E-state index contributed by atoms with van der Waals surface area (Å²) >= 11 is 5.27. The quantitative estimate of drug-likeness (QED) is 0.925. The van der Waals surface area contributed by atoms with Gasteiger partial charge in [-0.3, -0.25) is 4.90 Å². The van der Waals surface area contributed by atoms with Gasteiger partial charge in [-0.2, -0.15) is 0 Å². The number of nitrogens with zero attached hydrogens (tertiary/aromatic N) is 1. The van der Waals surface area contributed by atoms with Crippen molar-refractivity contribution < 1.29 is 5.11 Å². The van der Waals surface area contributed by atoms with Crippen molar-refractivity contribution in [1.82, 2.24) is 4.90 Å². The number of benzene rings is 1. The molecule has 1 aromatic heterocycles. The summed E-state index contributed by atoms with van der Waals surface area (Å²) in [5, 5.41) is 11.9. The summed E-state index contributed by atoms with van der Waals surface area (Å²) in [4.78, 5) is 3.76. The number of hydrogen-bond donors (Lipinski definition) is 1. The van der Waals surface area contributed by atoms with Crippen molar-refractivity contribution in [3.8, 4) is 0 Å². The van der Waals surface area contributed by atoms with Gasteiger partial charge in [0.25, 0.3) is 0 Å². The van der Waals surface area contributed by atoms with Crippen molar-refractivity contribution in [1.29, 1.82) is 0 Å². The number of aliphatic hydroxyl groups excluding tert-OH is 1. The largest absolute Gasteiger partial charge is 0.395 e. The molecule has 0 aliphatic carbocycles. The van der Waals surface area contributed by atoms with Crippen LogP contribution in [-0.2, 0) is 12.0 Å². The molecule has 0 radical (unpaired) electrons. The highest BCUT2D eigenvalue weighted by molar-refractivity contribution is 9.10. The summed E-state index contributed by atoms with van der Waals surface area (Å²) in [6, 6.07) is 12.5. The molecule has 3 rings (SSSR count). The predicted octanol–water partition coefficient (Wildman–Crippen LogP) is 3.26. The molecule has 0 amide bonds. The highest BCUT2D eigenvalue weighted by Crippen LogP contribution is 2.35. The first-order chi connectivity index (χ1) is 9.22. The first-order valence-electron chi connectivity index (χ1n) is 6.33. The first-order valence-corrected chi connectivity index (χ1v) is 8.01. The van der Waals surface area contributed by atoms with Gasteiger partial charge in [-0.25, -0.2) is 0 Å². The van der Waals surface area contributed by atoms with Gasteiger partial charge in [0.1, 0.15) is 0 Å². The summed E-state index contributed by atoms with van der Waals surface area (Å²) < 4.78 is 1.16. The van der Waals surface area contributed by atoms with Crippen LogP contribution in [-0.4, -0.2) is 29.7 Å². The van der Waals surface area contributed by atoms with Crippen molar-refractivity contribution in [2.45, 2.75) is 12.0 Å². The Hall–Kier alpha value is -0.680. The van der Waals surface area contributed by atoms with Gasteiger partial charge < -0.3 is 5.11 Å². The Balaban J connectivity index is 1.67. The van der Waals surface area contributed by atoms with Crippen LogP contribution < -0.4 is 0 Å². The van der Waals surface area contributed by atoms with E-state index in [2.05, 4.69) is 44.4 Å². The average Bonchev–Trinajstić information content (AvgIpc) is 2.80. The van der Waals surface area contributed by atoms with Crippen molar-refractivity contribution >= 4 is 27.3 Å². The second-order valence-corrected chi connectivity index (χ2v) is 7.09. The topological polar surface area (TPSA) is 23.5 Å². The number of hydrogen-bond acceptors (Lipinski definition) is 3. The molecule has 0 atom stereocenters. The van der Waals surface area contributed by atoms with E-state index in [-0.39, 0.29) is 12.0 Å². The SMILES string of the molecule is OCC1(c2ccccc2)CN(Cc2cc(Br)cs2)C1. The molecule has 1 aromatic carbocycles. The molecule has 1 fully saturated rings.